The Morgan fingerprint density at radius 3 is 2.52 bits per heavy atom. The molecule has 0 spiro atoms. The van der Waals surface area contributed by atoms with Crippen LogP contribution in [0.1, 0.15) is 58.0 Å². The summed E-state index contributed by atoms with van der Waals surface area (Å²) in [6.07, 6.45) is -2.75. The quantitative estimate of drug-likeness (QED) is 0.137. The molecular formula is C31H41N6O7+. The van der Waals surface area contributed by atoms with E-state index in [1.165, 1.54) is 12.1 Å². The average Bonchev–Trinajstić information content (AvgIpc) is 3.59. The Bertz CT molecular complexity index is 1420. The van der Waals surface area contributed by atoms with E-state index in [-0.39, 0.29) is 35.5 Å². The molecule has 1 aliphatic heterocycles. The van der Waals surface area contributed by atoms with E-state index in [9.17, 15) is 24.8 Å². The van der Waals surface area contributed by atoms with Gasteiger partial charge in [-0.1, -0.05) is 69.9 Å². The van der Waals surface area contributed by atoms with Crippen molar-refractivity contribution in [1.82, 2.24) is 4.98 Å². The topological polar surface area (TPSA) is 217 Å². The molecule has 1 amide bonds. The summed E-state index contributed by atoms with van der Waals surface area (Å²) in [5.74, 6) is -2.06. The second-order valence-electron chi connectivity index (χ2n) is 11.7. The van der Waals surface area contributed by atoms with Crippen LogP contribution in [0.3, 0.4) is 0 Å². The highest BCUT2D eigenvalue weighted by Gasteiger charge is 2.59. The number of nitrogens with two attached hydrogens (primary N) is 2. The zero-order chi connectivity index (χ0) is 32.7. The Kier molecular flexibility index (Phi) is 11.2. The van der Waals surface area contributed by atoms with Gasteiger partial charge in [-0.15, -0.1) is 0 Å². The summed E-state index contributed by atoms with van der Waals surface area (Å²) < 4.78 is 17.2. The van der Waals surface area contributed by atoms with E-state index < -0.39 is 53.9 Å². The summed E-state index contributed by atoms with van der Waals surface area (Å²) in [7, 11) is 0. The fraction of sp³-hybridized carbons (Fsp3) is 0.484. The third-order valence-electron chi connectivity index (χ3n) is 7.45. The molecule has 236 valence electrons. The molecule has 13 heteroatoms. The van der Waals surface area contributed by atoms with Crippen molar-refractivity contribution < 1.29 is 38.7 Å². The van der Waals surface area contributed by atoms with Gasteiger partial charge in [0.1, 0.15) is 36.6 Å². The second kappa shape index (κ2) is 14.4. The number of aliphatic hydroxyl groups is 1. The van der Waals surface area contributed by atoms with Crippen LogP contribution in [0, 0.1) is 22.7 Å². The molecular weight excluding hydrogens is 568 g/mol. The molecule has 1 aromatic carbocycles. The van der Waals surface area contributed by atoms with Gasteiger partial charge in [0.15, 0.2) is 12.4 Å². The summed E-state index contributed by atoms with van der Waals surface area (Å²) in [5, 5.41) is 21.9. The number of amidine groups is 1. The Morgan fingerprint density at radius 2 is 1.93 bits per heavy atom. The molecule has 3 rings (SSSR count). The highest BCUT2D eigenvalue weighted by Crippen LogP contribution is 2.41. The highest BCUT2D eigenvalue weighted by molar-refractivity contribution is 5.99. The van der Waals surface area contributed by atoms with E-state index in [4.69, 9.17) is 25.7 Å². The fourth-order valence-electron chi connectivity index (χ4n) is 4.40. The summed E-state index contributed by atoms with van der Waals surface area (Å²) in [5.41, 5.74) is 9.94. The molecule has 0 saturated carbocycles. The van der Waals surface area contributed by atoms with Gasteiger partial charge in [-0.3, -0.25) is 14.4 Å². The van der Waals surface area contributed by atoms with E-state index in [0.29, 0.717) is 6.42 Å². The number of aliphatic hydroxyl groups excluding tert-OH is 1. The molecule has 0 radical (unpaired) electrons. The van der Waals surface area contributed by atoms with Crippen molar-refractivity contribution in [3.8, 4) is 6.07 Å². The molecule has 7 N–H and O–H groups in total. The van der Waals surface area contributed by atoms with Crippen LogP contribution in [0.2, 0.25) is 0 Å². The number of amides is 1. The summed E-state index contributed by atoms with van der Waals surface area (Å²) >= 11 is 0. The van der Waals surface area contributed by atoms with E-state index in [1.54, 1.807) is 52.0 Å². The normalized spacial score (nSPS) is 23.6. The highest BCUT2D eigenvalue weighted by atomic mass is 16.6. The number of rotatable bonds is 10. The van der Waals surface area contributed by atoms with Gasteiger partial charge in [-0.05, 0) is 29.5 Å². The minimum atomic E-state index is -2.09. The molecule has 0 unspecified atom stereocenters. The van der Waals surface area contributed by atoms with Gasteiger partial charge < -0.3 is 35.8 Å². The molecule has 2 aromatic rings. The molecule has 0 aliphatic carbocycles. The zero-order valence-electron chi connectivity index (χ0n) is 25.6. The van der Waals surface area contributed by atoms with Gasteiger partial charge in [0, 0.05) is 0 Å². The third-order valence-corrected chi connectivity index (χ3v) is 7.45. The largest absolute Gasteiger partial charge is 0.463 e. The van der Waals surface area contributed by atoms with Crippen molar-refractivity contribution >= 4 is 30.0 Å². The number of nitrogens with zero attached hydrogens (tertiary/aromatic N) is 2. The first-order chi connectivity index (χ1) is 20.8. The van der Waals surface area contributed by atoms with Crippen molar-refractivity contribution in [3.63, 3.8) is 0 Å². The van der Waals surface area contributed by atoms with Crippen molar-refractivity contribution in [2.75, 3.05) is 6.61 Å². The number of H-pyrrole nitrogens is 1. The number of ether oxygens (including phenoxy) is 3. The number of hydrogen-bond acceptors (Lipinski definition) is 9. The van der Waals surface area contributed by atoms with E-state index in [1.807, 2.05) is 19.1 Å². The molecule has 44 heavy (non-hydrogen) atoms. The fourth-order valence-corrected chi connectivity index (χ4v) is 4.40. The van der Waals surface area contributed by atoms with Crippen LogP contribution < -0.4 is 16.5 Å². The van der Waals surface area contributed by atoms with Crippen LogP contribution in [-0.2, 0) is 40.6 Å². The van der Waals surface area contributed by atoms with Crippen molar-refractivity contribution in [2.24, 2.45) is 27.8 Å². The Morgan fingerprint density at radius 1 is 1.25 bits per heavy atom. The number of hydrogen-bond donors (Lipinski definition) is 5. The molecule has 0 bridgehead atoms. The predicted molar refractivity (Wildman–Crippen MR) is 160 cm³/mol. The maximum atomic E-state index is 13.0. The number of aromatic amines is 1. The number of nitrogens with one attached hydrogen (secondary N) is 2. The van der Waals surface area contributed by atoms with Crippen molar-refractivity contribution in [1.29, 1.82) is 5.26 Å². The van der Waals surface area contributed by atoms with E-state index in [2.05, 4.69) is 15.0 Å². The summed E-state index contributed by atoms with van der Waals surface area (Å²) in [4.78, 5) is 47.9. The first-order valence-corrected chi connectivity index (χ1v) is 14.3. The monoisotopic (exact) mass is 609 g/mol. The maximum absolute atomic E-state index is 13.0. The molecule has 1 aliphatic rings. The lowest BCUT2D eigenvalue weighted by atomic mass is 9.87. The second-order valence-corrected chi connectivity index (χ2v) is 11.7. The predicted octanol–water partition coefficient (Wildman–Crippen LogP) is -0.0487. The molecule has 6 atom stereocenters. The third kappa shape index (κ3) is 7.76. The Hall–Kier alpha value is -4.38. The Labute approximate surface area is 256 Å². The van der Waals surface area contributed by atoms with E-state index >= 15 is 0 Å². The molecule has 1 aromatic heterocycles. The number of nitriles is 1. The van der Waals surface area contributed by atoms with Gasteiger partial charge in [0.05, 0.1) is 18.0 Å². The van der Waals surface area contributed by atoms with E-state index in [0.717, 1.165) is 11.9 Å². The maximum Gasteiger partial charge on any atom is 0.323 e. The standard InChI is InChI=1S/C31H40N6O7/c1-6-18(2)28(40)37-27(35-17-33)20-12-13-22(36-20)31(16-32)26(39)24(43-29(41)25(34)30(3,4)5)21(44-31)15-42-23(38)14-19-10-8-7-9-11-19/h7-13,17-18,21,24-26,36,39H,6,14-15,34H2,1-5H3,(H2,33,35,37,40)/p+1/t18-,21-,24-,25-,26-,31+/m1/s1. The van der Waals surface area contributed by atoms with Crippen LogP contribution in [0.5, 0.6) is 0 Å². The zero-order valence-corrected chi connectivity index (χ0v) is 25.6. The number of esters is 2. The summed E-state index contributed by atoms with van der Waals surface area (Å²) in [6.45, 7) is 8.42. The number of carbonyl (C=O) groups is 3. The first kappa shape index (κ1) is 34.1. The minimum absolute atomic E-state index is 0.0263. The average molecular weight is 610 g/mol. The smallest absolute Gasteiger partial charge is 0.323 e. The lowest BCUT2D eigenvalue weighted by Gasteiger charge is -2.28. The van der Waals surface area contributed by atoms with Crippen LogP contribution in [0.25, 0.3) is 0 Å². The van der Waals surface area contributed by atoms with Crippen LogP contribution in [-0.4, -0.2) is 71.1 Å². The van der Waals surface area contributed by atoms with Gasteiger partial charge >= 0.3 is 17.8 Å². The van der Waals surface area contributed by atoms with Crippen molar-refractivity contribution in [3.05, 3.63) is 59.4 Å². The number of carbonyl (C=O) groups excluding carboxylic acids is 3. The van der Waals surface area contributed by atoms with Gasteiger partial charge in [-0.25, -0.2) is 4.99 Å². The van der Waals surface area contributed by atoms with Crippen molar-refractivity contribution in [2.45, 2.75) is 77.4 Å². The lowest BCUT2D eigenvalue weighted by molar-refractivity contribution is -0.309. The van der Waals surface area contributed by atoms with Crippen LogP contribution in [0.4, 0.5) is 0 Å². The van der Waals surface area contributed by atoms with Gasteiger partial charge in [-0.2, -0.15) is 5.26 Å². The molecule has 1 fully saturated rings. The number of aromatic nitrogens is 1. The van der Waals surface area contributed by atoms with Gasteiger partial charge in [0.2, 0.25) is 5.60 Å². The molecule has 1 saturated heterocycles. The molecule has 2 heterocycles. The minimum Gasteiger partial charge on any atom is -0.463 e. The SMILES string of the molecule is CC[C@@H](C)C(=O)N=C([NH+]=CN)c1ccc([C@]2(C#N)O[C@H](COC(=O)Cc3ccccc3)[C@@H](OC(=O)[C@@H](N)C(C)(C)C)[C@H]2O)[nH]1. The Balaban J connectivity index is 1.94. The number of aliphatic imine (C=N–C) groups is 1. The van der Waals surface area contributed by atoms with Gasteiger partial charge in [0.25, 0.3) is 5.84 Å². The first-order valence-electron chi connectivity index (χ1n) is 14.3. The summed E-state index contributed by atoms with van der Waals surface area (Å²) in [6, 6.07) is 12.8. The lowest BCUT2D eigenvalue weighted by Crippen LogP contribution is -2.76. The molecule has 13 nitrogen and oxygen atoms in total. The number of benzene rings is 1. The van der Waals surface area contributed by atoms with Crippen LogP contribution in [0.15, 0.2) is 47.5 Å². The van der Waals surface area contributed by atoms with Crippen LogP contribution >= 0.6 is 0 Å².